The van der Waals surface area contributed by atoms with Crippen molar-refractivity contribution in [2.45, 2.75) is 24.5 Å². The average molecular weight is 211 g/mol. The van der Waals surface area contributed by atoms with E-state index in [2.05, 4.69) is 22.1 Å². The molecule has 1 fully saturated rings. The summed E-state index contributed by atoms with van der Waals surface area (Å²) in [4.78, 5) is 4.24. The largest absolute Gasteiger partial charge is 0.355 e. The number of thioether (sulfide) groups is 1. The molecule has 4 heteroatoms. The van der Waals surface area contributed by atoms with Crippen molar-refractivity contribution in [3.8, 4) is 0 Å². The van der Waals surface area contributed by atoms with E-state index in [-0.39, 0.29) is 0 Å². The van der Waals surface area contributed by atoms with E-state index in [1.807, 2.05) is 24.0 Å². The second-order valence-corrected chi connectivity index (χ2v) is 5.14. The maximum atomic E-state index is 4.24. The highest BCUT2D eigenvalue weighted by Crippen LogP contribution is 2.24. The van der Waals surface area contributed by atoms with Crippen molar-refractivity contribution in [1.82, 2.24) is 9.55 Å². The third-order valence-corrected chi connectivity index (χ3v) is 3.98. The highest BCUT2D eigenvalue weighted by Gasteiger charge is 2.13. The van der Waals surface area contributed by atoms with E-state index in [9.17, 15) is 0 Å². The fourth-order valence-corrected chi connectivity index (χ4v) is 2.95. The summed E-state index contributed by atoms with van der Waals surface area (Å²) in [5.41, 5.74) is 0. The molecule has 1 aliphatic rings. The lowest BCUT2D eigenvalue weighted by Crippen LogP contribution is -2.21. The molecule has 3 nitrogen and oxygen atoms in total. The van der Waals surface area contributed by atoms with Crippen molar-refractivity contribution < 1.29 is 0 Å². The van der Waals surface area contributed by atoms with Gasteiger partial charge in [0.1, 0.15) is 0 Å². The molecule has 0 aromatic carbocycles. The van der Waals surface area contributed by atoms with Gasteiger partial charge in [-0.15, -0.1) is 0 Å². The fourth-order valence-electron chi connectivity index (χ4n) is 1.71. The van der Waals surface area contributed by atoms with Crippen LogP contribution in [-0.4, -0.2) is 27.1 Å². The third-order valence-electron chi connectivity index (χ3n) is 2.58. The monoisotopic (exact) mass is 211 g/mol. The minimum absolute atomic E-state index is 0.778. The number of rotatable bonds is 3. The summed E-state index contributed by atoms with van der Waals surface area (Å²) in [5, 5.41) is 4.17. The molecule has 0 amide bonds. The van der Waals surface area contributed by atoms with Gasteiger partial charge in [0.15, 0.2) is 0 Å². The smallest absolute Gasteiger partial charge is 0.202 e. The van der Waals surface area contributed by atoms with Gasteiger partial charge in [0.05, 0.1) is 0 Å². The number of anilines is 1. The second kappa shape index (κ2) is 4.73. The number of hydrogen-bond acceptors (Lipinski definition) is 3. The number of nitrogens with zero attached hydrogens (tertiary/aromatic N) is 2. The molecule has 1 aliphatic heterocycles. The predicted molar refractivity (Wildman–Crippen MR) is 61.8 cm³/mol. The van der Waals surface area contributed by atoms with Crippen molar-refractivity contribution in [2.75, 3.05) is 17.6 Å². The Morgan fingerprint density at radius 1 is 1.64 bits per heavy atom. The van der Waals surface area contributed by atoms with Crippen LogP contribution in [0.2, 0.25) is 0 Å². The van der Waals surface area contributed by atoms with Crippen LogP contribution in [0.5, 0.6) is 0 Å². The minimum atomic E-state index is 0.778. The lowest BCUT2D eigenvalue weighted by molar-refractivity contribution is 0.674. The molecule has 0 saturated carbocycles. The summed E-state index contributed by atoms with van der Waals surface area (Å²) < 4.78 is 2.02. The summed E-state index contributed by atoms with van der Waals surface area (Å²) in [6, 6.07) is 0. The van der Waals surface area contributed by atoms with Gasteiger partial charge in [0.25, 0.3) is 0 Å². The number of nitrogens with one attached hydrogen (secondary N) is 1. The highest BCUT2D eigenvalue weighted by molar-refractivity contribution is 7.99. The second-order valence-electron chi connectivity index (χ2n) is 3.73. The maximum Gasteiger partial charge on any atom is 0.202 e. The molecular weight excluding hydrogens is 194 g/mol. The molecule has 14 heavy (non-hydrogen) atoms. The number of imidazole rings is 1. The van der Waals surface area contributed by atoms with E-state index in [0.29, 0.717) is 0 Å². The summed E-state index contributed by atoms with van der Waals surface area (Å²) in [6.07, 6.45) is 7.93. The van der Waals surface area contributed by atoms with Crippen LogP contribution in [0.1, 0.15) is 19.3 Å². The zero-order chi connectivity index (χ0) is 9.80. The topological polar surface area (TPSA) is 29.9 Å². The van der Waals surface area contributed by atoms with Gasteiger partial charge < -0.3 is 9.88 Å². The molecule has 0 bridgehead atoms. The predicted octanol–water partition coefficient (Wildman–Crippen LogP) is 2.12. The van der Waals surface area contributed by atoms with E-state index in [0.717, 1.165) is 17.7 Å². The van der Waals surface area contributed by atoms with E-state index < -0.39 is 0 Å². The first kappa shape index (κ1) is 9.90. The van der Waals surface area contributed by atoms with Crippen LogP contribution >= 0.6 is 11.8 Å². The quantitative estimate of drug-likeness (QED) is 0.830. The molecule has 0 spiro atoms. The lowest BCUT2D eigenvalue weighted by Gasteiger charge is -2.21. The Labute approximate surface area is 89.3 Å². The van der Waals surface area contributed by atoms with Crippen molar-refractivity contribution >= 4 is 17.7 Å². The number of aromatic nitrogens is 2. The van der Waals surface area contributed by atoms with Crippen LogP contribution < -0.4 is 5.32 Å². The molecule has 0 radical (unpaired) electrons. The van der Waals surface area contributed by atoms with Gasteiger partial charge in [0.2, 0.25) is 5.95 Å². The summed E-state index contributed by atoms with van der Waals surface area (Å²) in [6.45, 7) is 1.05. The molecule has 1 saturated heterocycles. The molecule has 1 aromatic heterocycles. The Hall–Kier alpha value is -0.640. The standard InChI is InChI=1S/C10H17N3S/c1-13-6-5-11-10(13)12-8-9-4-2-3-7-14-9/h5-6,9H,2-4,7-8H2,1H3,(H,11,12). The molecule has 1 aromatic rings. The minimum Gasteiger partial charge on any atom is -0.355 e. The molecule has 2 heterocycles. The first-order valence-corrected chi connectivity index (χ1v) is 6.24. The first-order chi connectivity index (χ1) is 6.86. The molecule has 1 N–H and O–H groups in total. The van der Waals surface area contributed by atoms with Crippen LogP contribution in [0.15, 0.2) is 12.4 Å². The van der Waals surface area contributed by atoms with Gasteiger partial charge >= 0.3 is 0 Å². The molecule has 1 atom stereocenters. The zero-order valence-corrected chi connectivity index (χ0v) is 9.39. The van der Waals surface area contributed by atoms with Crippen LogP contribution in [0.4, 0.5) is 5.95 Å². The van der Waals surface area contributed by atoms with E-state index in [4.69, 9.17) is 0 Å². The van der Waals surface area contributed by atoms with E-state index >= 15 is 0 Å². The van der Waals surface area contributed by atoms with Crippen molar-refractivity contribution in [3.63, 3.8) is 0 Å². The first-order valence-electron chi connectivity index (χ1n) is 5.19. The molecule has 1 unspecified atom stereocenters. The summed E-state index contributed by atoms with van der Waals surface area (Å²) >= 11 is 2.09. The Kier molecular flexibility index (Phi) is 3.35. The van der Waals surface area contributed by atoms with Gasteiger partial charge in [-0.25, -0.2) is 4.98 Å². The molecule has 78 valence electrons. The van der Waals surface area contributed by atoms with Crippen LogP contribution in [0.3, 0.4) is 0 Å². The normalized spacial score (nSPS) is 22.2. The maximum absolute atomic E-state index is 4.24. The van der Waals surface area contributed by atoms with Gasteiger partial charge in [-0.2, -0.15) is 11.8 Å². The van der Waals surface area contributed by atoms with Gasteiger partial charge in [0, 0.05) is 31.2 Å². The SMILES string of the molecule is Cn1ccnc1NCC1CCCCS1. The molecule has 0 aliphatic carbocycles. The van der Waals surface area contributed by atoms with Crippen molar-refractivity contribution in [1.29, 1.82) is 0 Å². The van der Waals surface area contributed by atoms with Crippen LogP contribution in [0.25, 0.3) is 0 Å². The van der Waals surface area contributed by atoms with E-state index in [1.54, 1.807) is 0 Å². The zero-order valence-electron chi connectivity index (χ0n) is 8.57. The number of aryl methyl sites for hydroxylation is 1. The van der Waals surface area contributed by atoms with Crippen molar-refractivity contribution in [2.24, 2.45) is 7.05 Å². The highest BCUT2D eigenvalue weighted by atomic mass is 32.2. The van der Waals surface area contributed by atoms with E-state index in [1.165, 1.54) is 25.0 Å². The fraction of sp³-hybridized carbons (Fsp3) is 0.700. The van der Waals surface area contributed by atoms with Crippen molar-refractivity contribution in [3.05, 3.63) is 12.4 Å². The van der Waals surface area contributed by atoms with Gasteiger partial charge in [-0.1, -0.05) is 6.42 Å². The van der Waals surface area contributed by atoms with Gasteiger partial charge in [-0.3, -0.25) is 0 Å². The van der Waals surface area contributed by atoms with Crippen LogP contribution in [-0.2, 0) is 7.05 Å². The summed E-state index contributed by atoms with van der Waals surface area (Å²) in [7, 11) is 2.02. The van der Waals surface area contributed by atoms with Gasteiger partial charge in [-0.05, 0) is 18.6 Å². The third kappa shape index (κ3) is 2.44. The molecular formula is C10H17N3S. The average Bonchev–Trinajstić information content (AvgIpc) is 2.63. The Morgan fingerprint density at radius 2 is 2.57 bits per heavy atom. The Balaban J connectivity index is 1.79. The number of hydrogen-bond donors (Lipinski definition) is 1. The Morgan fingerprint density at radius 3 is 3.21 bits per heavy atom. The van der Waals surface area contributed by atoms with Crippen LogP contribution in [0, 0.1) is 0 Å². The summed E-state index contributed by atoms with van der Waals surface area (Å²) in [5.74, 6) is 2.31. The lowest BCUT2D eigenvalue weighted by atomic mass is 10.2. The molecule has 2 rings (SSSR count). The Bertz CT molecular complexity index is 279.